The van der Waals surface area contributed by atoms with Crippen LogP contribution in [0.15, 0.2) is 85.1 Å². The van der Waals surface area contributed by atoms with Crippen molar-refractivity contribution in [3.63, 3.8) is 0 Å². The van der Waals surface area contributed by atoms with Gasteiger partial charge in [0, 0.05) is 6.42 Å². The monoisotopic (exact) mass is 709 g/mol. The van der Waals surface area contributed by atoms with Crippen LogP contribution >= 0.6 is 0 Å². The Hall–Kier alpha value is -3.41. The summed E-state index contributed by atoms with van der Waals surface area (Å²) in [5.74, 6) is -1.22. The van der Waals surface area contributed by atoms with Gasteiger partial charge < -0.3 is 14.2 Å². The van der Waals surface area contributed by atoms with Crippen molar-refractivity contribution in [1.82, 2.24) is 0 Å². The van der Waals surface area contributed by atoms with Crippen molar-refractivity contribution in [2.75, 3.05) is 13.2 Å². The van der Waals surface area contributed by atoms with Crippen LogP contribution in [0.4, 0.5) is 0 Å². The van der Waals surface area contributed by atoms with Crippen molar-refractivity contribution in [2.45, 2.75) is 168 Å². The number of ether oxygens (including phenoxy) is 3. The van der Waals surface area contributed by atoms with Crippen LogP contribution in [0.25, 0.3) is 0 Å². The smallest absolute Gasteiger partial charge is 0.310 e. The highest BCUT2D eigenvalue weighted by Crippen LogP contribution is 2.12. The normalized spacial score (nSPS) is 12.9. The maximum Gasteiger partial charge on any atom is 0.310 e. The van der Waals surface area contributed by atoms with E-state index in [1.54, 1.807) is 12.2 Å². The van der Waals surface area contributed by atoms with Gasteiger partial charge in [-0.1, -0.05) is 157 Å². The summed E-state index contributed by atoms with van der Waals surface area (Å²) in [5, 5.41) is 0. The zero-order chi connectivity index (χ0) is 37.3. The fourth-order valence-electron chi connectivity index (χ4n) is 4.97. The summed E-state index contributed by atoms with van der Waals surface area (Å²) in [6, 6.07) is 0. The average molecular weight is 709 g/mol. The van der Waals surface area contributed by atoms with E-state index in [0.717, 1.165) is 57.8 Å². The molecular weight excluding hydrogens is 636 g/mol. The first-order valence-electron chi connectivity index (χ1n) is 20.1. The van der Waals surface area contributed by atoms with Crippen molar-refractivity contribution in [3.8, 4) is 0 Å². The van der Waals surface area contributed by atoms with Gasteiger partial charge in [-0.05, 0) is 70.6 Å². The Bertz CT molecular complexity index is 1040. The molecule has 0 N–H and O–H groups in total. The number of carbonyl (C=O) groups is 3. The minimum absolute atomic E-state index is 0.0856. The maximum atomic E-state index is 12.5. The summed E-state index contributed by atoms with van der Waals surface area (Å²) in [6.07, 6.45) is 49.2. The van der Waals surface area contributed by atoms with Gasteiger partial charge in [0.1, 0.15) is 13.2 Å². The highest BCUT2D eigenvalue weighted by Gasteiger charge is 2.19. The first kappa shape index (κ1) is 47.6. The number of allylic oxidation sites excluding steroid dienone is 12. The second-order valence-corrected chi connectivity index (χ2v) is 12.8. The van der Waals surface area contributed by atoms with E-state index in [0.29, 0.717) is 6.42 Å². The predicted molar refractivity (Wildman–Crippen MR) is 214 cm³/mol. The molecule has 0 fully saturated rings. The van der Waals surface area contributed by atoms with E-state index in [2.05, 4.69) is 81.5 Å². The average Bonchev–Trinajstić information content (AvgIpc) is 3.12. The molecule has 0 bridgehead atoms. The zero-order valence-corrected chi connectivity index (χ0v) is 32.6. The lowest BCUT2D eigenvalue weighted by molar-refractivity contribution is -0.166. The van der Waals surface area contributed by atoms with Crippen LogP contribution in [-0.4, -0.2) is 37.2 Å². The fraction of sp³-hybridized carbons (Fsp3) is 0.622. The lowest BCUT2D eigenvalue weighted by atomic mass is 10.1. The molecule has 0 aliphatic carbocycles. The molecular formula is C45H72O6. The molecule has 0 aromatic heterocycles. The molecule has 0 spiro atoms. The third-order valence-corrected chi connectivity index (χ3v) is 7.93. The van der Waals surface area contributed by atoms with Gasteiger partial charge in [0.15, 0.2) is 6.10 Å². The Kier molecular flexibility index (Phi) is 36.7. The number of rotatable bonds is 34. The number of hydrogen-bond donors (Lipinski definition) is 0. The SMILES string of the molecule is CC/C=C\C/C=C\C/C=C\CC(=O)OCC(COC(=O)CCCCCCCCC/C=C\CCCCCC)OC(=O)C/C=C\C/C=C\C/C=C\CC. The first-order valence-corrected chi connectivity index (χ1v) is 20.1. The topological polar surface area (TPSA) is 78.9 Å². The molecule has 0 aliphatic rings. The Labute approximate surface area is 312 Å². The van der Waals surface area contributed by atoms with Crippen LogP contribution in [0.3, 0.4) is 0 Å². The summed E-state index contributed by atoms with van der Waals surface area (Å²) in [6.45, 7) is 6.15. The van der Waals surface area contributed by atoms with Crippen molar-refractivity contribution in [2.24, 2.45) is 0 Å². The van der Waals surface area contributed by atoms with Gasteiger partial charge in [-0.15, -0.1) is 0 Å². The summed E-state index contributed by atoms with van der Waals surface area (Å²) in [5.41, 5.74) is 0. The van der Waals surface area contributed by atoms with Crippen LogP contribution in [-0.2, 0) is 28.6 Å². The molecule has 0 aromatic rings. The largest absolute Gasteiger partial charge is 0.462 e. The molecule has 1 unspecified atom stereocenters. The van der Waals surface area contributed by atoms with Gasteiger partial charge in [0.05, 0.1) is 12.8 Å². The van der Waals surface area contributed by atoms with Gasteiger partial charge in [-0.3, -0.25) is 14.4 Å². The van der Waals surface area contributed by atoms with E-state index in [-0.39, 0.29) is 32.0 Å². The summed E-state index contributed by atoms with van der Waals surface area (Å²) < 4.78 is 16.4. The number of esters is 3. The molecule has 6 nitrogen and oxygen atoms in total. The molecule has 51 heavy (non-hydrogen) atoms. The summed E-state index contributed by atoms with van der Waals surface area (Å²) >= 11 is 0. The van der Waals surface area contributed by atoms with Gasteiger partial charge >= 0.3 is 17.9 Å². The van der Waals surface area contributed by atoms with Crippen molar-refractivity contribution < 1.29 is 28.6 Å². The van der Waals surface area contributed by atoms with Gasteiger partial charge in [-0.2, -0.15) is 0 Å². The highest BCUT2D eigenvalue weighted by atomic mass is 16.6. The molecule has 288 valence electrons. The third-order valence-electron chi connectivity index (χ3n) is 7.93. The number of unbranched alkanes of at least 4 members (excludes halogenated alkanes) is 11. The Morgan fingerprint density at radius 1 is 0.431 bits per heavy atom. The highest BCUT2D eigenvalue weighted by molar-refractivity contribution is 5.72. The van der Waals surface area contributed by atoms with E-state index < -0.39 is 18.0 Å². The molecule has 1 atom stereocenters. The molecule has 0 aromatic carbocycles. The van der Waals surface area contributed by atoms with Gasteiger partial charge in [0.2, 0.25) is 0 Å². The fourth-order valence-corrected chi connectivity index (χ4v) is 4.97. The minimum atomic E-state index is -0.858. The molecule has 0 rings (SSSR count). The van der Waals surface area contributed by atoms with Crippen molar-refractivity contribution >= 4 is 17.9 Å². The van der Waals surface area contributed by atoms with Gasteiger partial charge in [0.25, 0.3) is 0 Å². The van der Waals surface area contributed by atoms with E-state index in [1.165, 1.54) is 64.2 Å². The molecule has 0 amide bonds. The van der Waals surface area contributed by atoms with Gasteiger partial charge in [-0.25, -0.2) is 0 Å². The summed E-state index contributed by atoms with van der Waals surface area (Å²) in [7, 11) is 0. The standard InChI is InChI=1S/C45H72O6/c1-4-7-10-13-16-19-20-21-22-23-24-27-29-32-35-38-44(47)50-41-42(51-45(48)39-36-33-30-26-18-15-12-9-6-3)40-49-43(46)37-34-31-28-25-17-14-11-8-5-2/h8-9,11-12,17-20,25-26,31,33-34,36,42H,4-7,10,13-16,21-24,27-30,32,35,37-41H2,1-3H3/b11-8-,12-9-,20-19-,25-17-,26-18-,34-31-,36-33-. The van der Waals surface area contributed by atoms with Crippen LogP contribution in [0.1, 0.15) is 162 Å². The minimum Gasteiger partial charge on any atom is -0.462 e. The zero-order valence-electron chi connectivity index (χ0n) is 32.6. The van der Waals surface area contributed by atoms with E-state index in [4.69, 9.17) is 14.2 Å². The van der Waals surface area contributed by atoms with Crippen molar-refractivity contribution in [3.05, 3.63) is 85.1 Å². The lowest BCUT2D eigenvalue weighted by Crippen LogP contribution is -2.30. The second-order valence-electron chi connectivity index (χ2n) is 12.8. The molecule has 0 radical (unpaired) electrons. The third kappa shape index (κ3) is 37.7. The Morgan fingerprint density at radius 2 is 0.843 bits per heavy atom. The summed E-state index contributed by atoms with van der Waals surface area (Å²) in [4.78, 5) is 37.3. The van der Waals surface area contributed by atoms with E-state index in [9.17, 15) is 14.4 Å². The Balaban J connectivity index is 4.49. The van der Waals surface area contributed by atoms with E-state index >= 15 is 0 Å². The maximum absolute atomic E-state index is 12.5. The molecule has 0 saturated heterocycles. The van der Waals surface area contributed by atoms with Crippen molar-refractivity contribution in [1.29, 1.82) is 0 Å². The molecule has 6 heteroatoms. The predicted octanol–water partition coefficient (Wildman–Crippen LogP) is 12.5. The Morgan fingerprint density at radius 3 is 1.35 bits per heavy atom. The number of hydrogen-bond acceptors (Lipinski definition) is 6. The molecule has 0 aliphatic heterocycles. The number of carbonyl (C=O) groups excluding carboxylic acids is 3. The van der Waals surface area contributed by atoms with E-state index in [1.807, 2.05) is 12.2 Å². The quantitative estimate of drug-likeness (QED) is 0.0286. The van der Waals surface area contributed by atoms with Crippen LogP contribution in [0.5, 0.6) is 0 Å². The van der Waals surface area contributed by atoms with Crippen LogP contribution in [0, 0.1) is 0 Å². The molecule has 0 saturated carbocycles. The lowest BCUT2D eigenvalue weighted by Gasteiger charge is -2.17. The first-order chi connectivity index (χ1) is 25.0. The second kappa shape index (κ2) is 39.4. The van der Waals surface area contributed by atoms with Crippen LogP contribution in [0.2, 0.25) is 0 Å². The van der Waals surface area contributed by atoms with Crippen LogP contribution < -0.4 is 0 Å². The molecule has 0 heterocycles.